The highest BCUT2D eigenvalue weighted by molar-refractivity contribution is 4.96. The minimum absolute atomic E-state index is 0.00966. The fourth-order valence-electron chi connectivity index (χ4n) is 3.73. The summed E-state index contributed by atoms with van der Waals surface area (Å²) in [5.74, 6) is 0.820. The summed E-state index contributed by atoms with van der Waals surface area (Å²) in [4.78, 5) is 5.12. The Morgan fingerprint density at radius 2 is 2.11 bits per heavy atom. The van der Waals surface area contributed by atoms with E-state index in [2.05, 4.69) is 23.8 Å². The molecule has 2 heterocycles. The van der Waals surface area contributed by atoms with Crippen molar-refractivity contribution in [2.45, 2.75) is 37.8 Å². The van der Waals surface area contributed by atoms with Gasteiger partial charge in [0.25, 0.3) is 0 Å². The minimum atomic E-state index is 0.00966. The maximum Gasteiger partial charge on any atom is 0.0656 e. The highest BCUT2D eigenvalue weighted by Gasteiger charge is 2.40. The first kappa shape index (κ1) is 14.3. The molecule has 0 amide bonds. The van der Waals surface area contributed by atoms with Crippen molar-refractivity contribution in [3.05, 3.63) is 0 Å². The maximum atomic E-state index is 5.99. The molecule has 0 aliphatic carbocycles. The number of nitrogens with two attached hydrogens (primary N) is 1. The molecule has 0 spiro atoms. The molecule has 0 bridgehead atoms. The summed E-state index contributed by atoms with van der Waals surface area (Å²) in [7, 11) is 4.05. The Bertz CT molecular complexity index is 274. The van der Waals surface area contributed by atoms with Crippen molar-refractivity contribution in [2.24, 2.45) is 11.7 Å². The second kappa shape index (κ2) is 5.87. The predicted octanol–water partition coefficient (Wildman–Crippen LogP) is 0.766. The zero-order valence-corrected chi connectivity index (χ0v) is 12.2. The van der Waals surface area contributed by atoms with Gasteiger partial charge in [-0.25, -0.2) is 0 Å². The zero-order chi connectivity index (χ0) is 13.2. The van der Waals surface area contributed by atoms with Crippen LogP contribution in [-0.4, -0.2) is 68.3 Å². The number of hydrogen-bond donors (Lipinski definition) is 1. The van der Waals surface area contributed by atoms with Crippen molar-refractivity contribution in [3.8, 4) is 0 Å². The molecular formula is C14H29N3O. The van der Waals surface area contributed by atoms with Gasteiger partial charge in [0.15, 0.2) is 0 Å². The van der Waals surface area contributed by atoms with Crippen LogP contribution >= 0.6 is 0 Å². The number of hydrogen-bond acceptors (Lipinski definition) is 4. The quantitative estimate of drug-likeness (QED) is 0.805. The molecule has 0 radical (unpaired) electrons. The molecule has 2 aliphatic rings. The smallest absolute Gasteiger partial charge is 0.0656 e. The number of ether oxygens (including phenoxy) is 1. The lowest BCUT2D eigenvalue weighted by atomic mass is 9.82. The number of fused-ring (bicyclic) bond motifs is 1. The van der Waals surface area contributed by atoms with Crippen LogP contribution in [0.15, 0.2) is 0 Å². The lowest BCUT2D eigenvalue weighted by Gasteiger charge is -2.51. The van der Waals surface area contributed by atoms with Crippen LogP contribution in [0.5, 0.6) is 0 Å². The van der Waals surface area contributed by atoms with Crippen LogP contribution in [0.4, 0.5) is 0 Å². The third-order valence-corrected chi connectivity index (χ3v) is 5.00. The van der Waals surface area contributed by atoms with Crippen molar-refractivity contribution >= 4 is 0 Å². The third-order valence-electron chi connectivity index (χ3n) is 5.00. The Kier molecular flexibility index (Phi) is 4.64. The molecule has 0 aromatic carbocycles. The lowest BCUT2D eigenvalue weighted by molar-refractivity contribution is -0.0355. The first-order valence-corrected chi connectivity index (χ1v) is 7.25. The van der Waals surface area contributed by atoms with Gasteiger partial charge in [0, 0.05) is 32.8 Å². The van der Waals surface area contributed by atoms with Crippen LogP contribution in [0.25, 0.3) is 0 Å². The Morgan fingerprint density at radius 3 is 2.78 bits per heavy atom. The van der Waals surface area contributed by atoms with Gasteiger partial charge in [-0.2, -0.15) is 0 Å². The van der Waals surface area contributed by atoms with Gasteiger partial charge in [-0.1, -0.05) is 0 Å². The van der Waals surface area contributed by atoms with E-state index >= 15 is 0 Å². The van der Waals surface area contributed by atoms with E-state index < -0.39 is 0 Å². The normalized spacial score (nSPS) is 34.0. The molecule has 3 unspecified atom stereocenters. The molecule has 0 saturated carbocycles. The van der Waals surface area contributed by atoms with Gasteiger partial charge in [-0.15, -0.1) is 0 Å². The molecule has 0 aromatic heterocycles. The molecule has 2 aliphatic heterocycles. The zero-order valence-electron chi connectivity index (χ0n) is 12.2. The average molecular weight is 255 g/mol. The third kappa shape index (κ3) is 2.72. The first-order valence-electron chi connectivity index (χ1n) is 7.25. The second-order valence-corrected chi connectivity index (χ2v) is 6.32. The molecule has 4 heteroatoms. The topological polar surface area (TPSA) is 41.7 Å². The van der Waals surface area contributed by atoms with Gasteiger partial charge in [0.05, 0.1) is 12.1 Å². The Morgan fingerprint density at radius 1 is 1.33 bits per heavy atom. The van der Waals surface area contributed by atoms with Crippen LogP contribution in [0.3, 0.4) is 0 Å². The fourth-order valence-corrected chi connectivity index (χ4v) is 3.73. The summed E-state index contributed by atoms with van der Waals surface area (Å²) < 4.78 is 5.38. The molecule has 4 nitrogen and oxygen atoms in total. The molecule has 3 atom stereocenters. The standard InChI is InChI=1S/C14H29N3O/c1-14(10-15,11-18-3)17-8-6-13-12(9-17)5-4-7-16(13)2/h12-13H,4-11,15H2,1-3H3. The number of methoxy groups -OCH3 is 1. The number of piperidine rings is 2. The van der Waals surface area contributed by atoms with E-state index in [4.69, 9.17) is 10.5 Å². The SMILES string of the molecule is COCC(C)(CN)N1CCC2C(CCCN2C)C1. The Labute approximate surface area is 111 Å². The molecule has 2 rings (SSSR count). The van der Waals surface area contributed by atoms with Crippen LogP contribution in [0.2, 0.25) is 0 Å². The van der Waals surface area contributed by atoms with E-state index in [0.29, 0.717) is 6.54 Å². The van der Waals surface area contributed by atoms with Gasteiger partial charge >= 0.3 is 0 Å². The summed E-state index contributed by atoms with van der Waals surface area (Å²) in [5, 5.41) is 0. The van der Waals surface area contributed by atoms with Crippen LogP contribution in [-0.2, 0) is 4.74 Å². The van der Waals surface area contributed by atoms with Gasteiger partial charge in [-0.3, -0.25) is 4.90 Å². The lowest BCUT2D eigenvalue weighted by Crippen LogP contribution is -2.62. The molecule has 2 saturated heterocycles. The maximum absolute atomic E-state index is 5.99. The van der Waals surface area contributed by atoms with Crippen molar-refractivity contribution in [1.29, 1.82) is 0 Å². The Hall–Kier alpha value is -0.160. The minimum Gasteiger partial charge on any atom is -0.383 e. The van der Waals surface area contributed by atoms with Gasteiger partial charge < -0.3 is 15.4 Å². The number of rotatable bonds is 4. The summed E-state index contributed by atoms with van der Waals surface area (Å²) in [5.41, 5.74) is 6.00. The van der Waals surface area contributed by atoms with E-state index in [1.165, 1.54) is 32.4 Å². The highest BCUT2D eigenvalue weighted by atomic mass is 16.5. The molecule has 2 fully saturated rings. The van der Waals surface area contributed by atoms with E-state index in [-0.39, 0.29) is 5.54 Å². The average Bonchev–Trinajstić information content (AvgIpc) is 2.39. The first-order chi connectivity index (χ1) is 8.60. The Balaban J connectivity index is 2.01. The predicted molar refractivity (Wildman–Crippen MR) is 74.7 cm³/mol. The second-order valence-electron chi connectivity index (χ2n) is 6.32. The van der Waals surface area contributed by atoms with E-state index in [1.54, 1.807) is 7.11 Å². The molecule has 0 aromatic rings. The summed E-state index contributed by atoms with van der Waals surface area (Å²) in [6, 6.07) is 0.791. The fraction of sp³-hybridized carbons (Fsp3) is 1.00. The van der Waals surface area contributed by atoms with Crippen molar-refractivity contribution < 1.29 is 4.74 Å². The largest absolute Gasteiger partial charge is 0.383 e. The summed E-state index contributed by atoms with van der Waals surface area (Å²) in [6.07, 6.45) is 3.99. The van der Waals surface area contributed by atoms with Gasteiger partial charge in [-0.05, 0) is 45.7 Å². The van der Waals surface area contributed by atoms with E-state index in [0.717, 1.165) is 25.1 Å². The molecular weight excluding hydrogens is 226 g/mol. The number of likely N-dealkylation sites (tertiary alicyclic amines) is 2. The monoisotopic (exact) mass is 255 g/mol. The molecule has 106 valence electrons. The molecule has 18 heavy (non-hydrogen) atoms. The highest BCUT2D eigenvalue weighted by Crippen LogP contribution is 2.32. The van der Waals surface area contributed by atoms with Crippen LogP contribution in [0.1, 0.15) is 26.2 Å². The van der Waals surface area contributed by atoms with Crippen molar-refractivity contribution in [3.63, 3.8) is 0 Å². The van der Waals surface area contributed by atoms with Gasteiger partial charge in [0.2, 0.25) is 0 Å². The van der Waals surface area contributed by atoms with Gasteiger partial charge in [0.1, 0.15) is 0 Å². The van der Waals surface area contributed by atoms with E-state index in [1.807, 2.05) is 0 Å². The molecule has 2 N–H and O–H groups in total. The summed E-state index contributed by atoms with van der Waals surface area (Å²) >= 11 is 0. The summed E-state index contributed by atoms with van der Waals surface area (Å²) in [6.45, 7) is 7.26. The number of nitrogens with zero attached hydrogens (tertiary/aromatic N) is 2. The van der Waals surface area contributed by atoms with Crippen LogP contribution in [0, 0.1) is 5.92 Å². The van der Waals surface area contributed by atoms with E-state index in [9.17, 15) is 0 Å². The van der Waals surface area contributed by atoms with Crippen molar-refractivity contribution in [1.82, 2.24) is 9.80 Å². The van der Waals surface area contributed by atoms with Crippen LogP contribution < -0.4 is 5.73 Å². The van der Waals surface area contributed by atoms with Crippen molar-refractivity contribution in [2.75, 3.05) is 46.9 Å².